The van der Waals surface area contributed by atoms with E-state index in [2.05, 4.69) is 0 Å². The van der Waals surface area contributed by atoms with Crippen molar-refractivity contribution in [1.82, 2.24) is 0 Å². The Labute approximate surface area is 69.6 Å². The number of halogens is 2. The van der Waals surface area contributed by atoms with E-state index in [1.54, 1.807) is 0 Å². The average molecular weight is 328 g/mol. The maximum absolute atomic E-state index is 0. The van der Waals surface area contributed by atoms with E-state index < -0.39 is 0 Å². The van der Waals surface area contributed by atoms with Crippen molar-refractivity contribution in [2.24, 2.45) is 0 Å². The summed E-state index contributed by atoms with van der Waals surface area (Å²) in [6.45, 7) is 0. The molecule has 0 radical (unpaired) electrons. The molecule has 0 saturated heterocycles. The van der Waals surface area contributed by atoms with Crippen molar-refractivity contribution < 1.29 is 21.9 Å². The molecule has 0 saturated carbocycles. The molecule has 6 heavy (non-hydrogen) atoms. The molecule has 0 amide bonds. The van der Waals surface area contributed by atoms with Gasteiger partial charge < -0.3 is 21.9 Å². The van der Waals surface area contributed by atoms with Gasteiger partial charge in [-0.25, -0.2) is 0 Å². The van der Waals surface area contributed by atoms with Gasteiger partial charge in [0.2, 0.25) is 0 Å². The minimum absolute atomic E-state index is 0. The summed E-state index contributed by atoms with van der Waals surface area (Å²) in [4.78, 5) is 0. The van der Waals surface area contributed by atoms with Crippen molar-refractivity contribution in [3.63, 3.8) is 0 Å². The second kappa shape index (κ2) is 105. The van der Waals surface area contributed by atoms with Gasteiger partial charge in [0.1, 0.15) is 0 Å². The molecule has 0 aliphatic carbocycles. The summed E-state index contributed by atoms with van der Waals surface area (Å²) < 4.78 is 0. The molecular formula is H10I2O4. The van der Waals surface area contributed by atoms with E-state index in [4.69, 9.17) is 0 Å². The molecule has 48 valence electrons. The molecule has 0 fully saturated rings. The van der Waals surface area contributed by atoms with E-state index in [-0.39, 0.29) is 69.9 Å². The second-order valence-corrected chi connectivity index (χ2v) is 0. The van der Waals surface area contributed by atoms with Gasteiger partial charge in [-0.1, -0.05) is 0 Å². The predicted molar refractivity (Wildman–Crippen MR) is 45.3 cm³/mol. The Hall–Kier alpha value is 1.30. The lowest BCUT2D eigenvalue weighted by molar-refractivity contribution is 0.823. The van der Waals surface area contributed by atoms with Crippen molar-refractivity contribution in [1.29, 1.82) is 0 Å². The smallest absolute Gasteiger partial charge is 0.107 e. The Morgan fingerprint density at radius 3 is 0.333 bits per heavy atom. The molecule has 0 aromatic rings. The highest BCUT2D eigenvalue weighted by atomic mass is 127. The Balaban J connectivity index is 0. The second-order valence-electron chi connectivity index (χ2n) is 0. The average Bonchev–Trinajstić information content (AvgIpc) is 0. The molecule has 0 rings (SSSR count). The Bertz CT molecular complexity index is 5.51. The van der Waals surface area contributed by atoms with Gasteiger partial charge in [-0.15, -0.1) is 48.0 Å². The predicted octanol–water partition coefficient (Wildman–Crippen LogP) is -2.06. The molecule has 0 aromatic carbocycles. The van der Waals surface area contributed by atoms with Crippen molar-refractivity contribution in [3.8, 4) is 0 Å². The molecule has 0 spiro atoms. The van der Waals surface area contributed by atoms with E-state index in [0.717, 1.165) is 0 Å². The van der Waals surface area contributed by atoms with Crippen LogP contribution in [0.15, 0.2) is 0 Å². The van der Waals surface area contributed by atoms with Crippen LogP contribution in [0.4, 0.5) is 0 Å². The SMILES string of the molecule is I.I.O.O.O.O. The largest absolute Gasteiger partial charge is 0.412 e. The van der Waals surface area contributed by atoms with Gasteiger partial charge in [-0.2, -0.15) is 0 Å². The summed E-state index contributed by atoms with van der Waals surface area (Å²) in [7, 11) is 0. The van der Waals surface area contributed by atoms with E-state index in [9.17, 15) is 0 Å². The van der Waals surface area contributed by atoms with Gasteiger partial charge in [-0.05, 0) is 0 Å². The van der Waals surface area contributed by atoms with E-state index in [0.29, 0.717) is 0 Å². The summed E-state index contributed by atoms with van der Waals surface area (Å²) in [5, 5.41) is 0. The van der Waals surface area contributed by atoms with Crippen LogP contribution in [-0.4, -0.2) is 21.9 Å². The van der Waals surface area contributed by atoms with Gasteiger partial charge in [0, 0.05) is 0 Å². The highest BCUT2D eigenvalue weighted by Gasteiger charge is -0.106. The summed E-state index contributed by atoms with van der Waals surface area (Å²) in [5.74, 6) is 0. The van der Waals surface area contributed by atoms with Crippen LogP contribution in [0, 0.1) is 0 Å². The zero-order chi connectivity index (χ0) is 0. The van der Waals surface area contributed by atoms with Gasteiger partial charge in [0.05, 0.1) is 0 Å². The molecule has 0 bridgehead atoms. The van der Waals surface area contributed by atoms with Crippen LogP contribution in [-0.2, 0) is 0 Å². The third-order valence-electron chi connectivity index (χ3n) is 0. The van der Waals surface area contributed by atoms with Crippen LogP contribution in [0.1, 0.15) is 0 Å². The summed E-state index contributed by atoms with van der Waals surface area (Å²) in [5.41, 5.74) is 0. The fraction of sp³-hybridized carbons (Fsp3) is 0. The standard InChI is InChI=1S/2HI.4H2O/h2*1H;4*1H2. The molecular weight excluding hydrogens is 318 g/mol. The number of hydrogen-bond acceptors (Lipinski definition) is 0. The topological polar surface area (TPSA) is 126 Å². The van der Waals surface area contributed by atoms with E-state index >= 15 is 0 Å². The van der Waals surface area contributed by atoms with Crippen LogP contribution < -0.4 is 0 Å². The Morgan fingerprint density at radius 2 is 0.333 bits per heavy atom. The van der Waals surface area contributed by atoms with Crippen LogP contribution in [0.3, 0.4) is 0 Å². The number of rotatable bonds is 0. The molecule has 0 aliphatic heterocycles. The highest BCUT2D eigenvalue weighted by molar-refractivity contribution is 14.0. The van der Waals surface area contributed by atoms with Crippen molar-refractivity contribution in [2.75, 3.05) is 0 Å². The Kier molecular flexibility index (Phi) is 2990. The zero-order valence-corrected chi connectivity index (χ0v) is 7.48. The minimum atomic E-state index is 0. The van der Waals surface area contributed by atoms with Crippen LogP contribution in [0.2, 0.25) is 0 Å². The first-order valence-corrected chi connectivity index (χ1v) is 0. The molecule has 6 heteroatoms. The van der Waals surface area contributed by atoms with E-state index in [1.165, 1.54) is 0 Å². The highest BCUT2D eigenvalue weighted by Crippen LogP contribution is 0.887. The van der Waals surface area contributed by atoms with Crippen molar-refractivity contribution in [2.45, 2.75) is 0 Å². The van der Waals surface area contributed by atoms with Crippen molar-refractivity contribution >= 4 is 48.0 Å². The Morgan fingerprint density at radius 1 is 0.333 bits per heavy atom. The van der Waals surface area contributed by atoms with Crippen LogP contribution in [0.25, 0.3) is 0 Å². The molecule has 8 N–H and O–H groups in total. The first-order valence-electron chi connectivity index (χ1n) is 0. The normalized spacial score (nSPS) is 0. The first-order chi connectivity index (χ1) is 0. The van der Waals surface area contributed by atoms with Gasteiger partial charge >= 0.3 is 0 Å². The molecule has 0 aliphatic rings. The van der Waals surface area contributed by atoms with Gasteiger partial charge in [0.15, 0.2) is 0 Å². The van der Waals surface area contributed by atoms with Crippen molar-refractivity contribution in [3.05, 3.63) is 0 Å². The summed E-state index contributed by atoms with van der Waals surface area (Å²) in [6.07, 6.45) is 0. The quantitative estimate of drug-likeness (QED) is 0.453. The molecule has 0 unspecified atom stereocenters. The first kappa shape index (κ1) is 171. The molecule has 0 atom stereocenters. The van der Waals surface area contributed by atoms with Gasteiger partial charge in [0.25, 0.3) is 0 Å². The van der Waals surface area contributed by atoms with Gasteiger partial charge in [-0.3, -0.25) is 0 Å². The fourth-order valence-corrected chi connectivity index (χ4v) is 0. The lowest BCUT2D eigenvalue weighted by Crippen LogP contribution is -0.290. The minimum Gasteiger partial charge on any atom is -0.412 e. The fourth-order valence-electron chi connectivity index (χ4n) is 0. The van der Waals surface area contributed by atoms with Crippen LogP contribution in [0.5, 0.6) is 0 Å². The number of hydrogen-bond donors (Lipinski definition) is 0. The lowest BCUT2D eigenvalue weighted by atomic mass is 16.0. The molecule has 0 aromatic heterocycles. The maximum atomic E-state index is 0. The molecule has 4 nitrogen and oxygen atoms in total. The summed E-state index contributed by atoms with van der Waals surface area (Å²) in [6, 6.07) is 0. The monoisotopic (exact) mass is 328 g/mol. The zero-order valence-electron chi connectivity index (χ0n) is 2.82. The van der Waals surface area contributed by atoms with E-state index in [1.807, 2.05) is 0 Å². The lowest BCUT2D eigenvalue weighted by Gasteiger charge is -0.413. The third kappa shape index (κ3) is 58.0. The van der Waals surface area contributed by atoms with Crippen LogP contribution >= 0.6 is 48.0 Å². The molecule has 0 heterocycles. The maximum Gasteiger partial charge on any atom is -0.107 e. The third-order valence-corrected chi connectivity index (χ3v) is 0. The summed E-state index contributed by atoms with van der Waals surface area (Å²) >= 11 is 0.